The van der Waals surface area contributed by atoms with E-state index in [9.17, 15) is 35.7 Å². The van der Waals surface area contributed by atoms with Crippen LogP contribution in [0.1, 0.15) is 137 Å². The number of aliphatic hydroxyl groups is 7. The minimum absolute atomic E-state index is 0.0616. The minimum atomic E-state index is -1.61. The predicted molar refractivity (Wildman–Crippen MR) is 205 cm³/mol. The maximum absolute atomic E-state index is 15.0. The van der Waals surface area contributed by atoms with Crippen molar-refractivity contribution in [3.63, 3.8) is 0 Å². The van der Waals surface area contributed by atoms with E-state index in [2.05, 4.69) is 19.2 Å². The van der Waals surface area contributed by atoms with Gasteiger partial charge in [-0.1, -0.05) is 46.5 Å². The first kappa shape index (κ1) is 42.6. The van der Waals surface area contributed by atoms with Gasteiger partial charge in [0, 0.05) is 35.7 Å². The van der Waals surface area contributed by atoms with E-state index in [4.69, 9.17) is 10.5 Å². The number of hydrogen-bond donors (Lipinski definition) is 9. The van der Waals surface area contributed by atoms with E-state index in [-0.39, 0.29) is 49.5 Å². The average Bonchev–Trinajstić information content (AvgIpc) is 3.64. The summed E-state index contributed by atoms with van der Waals surface area (Å²) in [6, 6.07) is 0. The summed E-state index contributed by atoms with van der Waals surface area (Å²) in [6.07, 6.45) is 5.08. The summed E-state index contributed by atoms with van der Waals surface area (Å²) in [4.78, 5) is 15.0. The van der Waals surface area contributed by atoms with Crippen molar-refractivity contribution in [3.05, 3.63) is 11.1 Å². The van der Waals surface area contributed by atoms with Crippen molar-refractivity contribution in [2.24, 2.45) is 52.1 Å². The van der Waals surface area contributed by atoms with E-state index in [1.165, 1.54) is 26.2 Å². The fourth-order valence-corrected chi connectivity index (χ4v) is 13.0. The topological polar surface area (TPSA) is 211 Å². The maximum Gasteiger partial charge on any atom is 0.162 e. The van der Waals surface area contributed by atoms with E-state index in [0.29, 0.717) is 55.3 Å². The average molecular weight is 764 g/mol. The Bertz CT molecular complexity index is 1350. The second-order valence-electron chi connectivity index (χ2n) is 19.6. The molecule has 4 aliphatic carbocycles. The third-order valence-corrected chi connectivity index (χ3v) is 16.6. The van der Waals surface area contributed by atoms with Gasteiger partial charge in [0.1, 0.15) is 12.3 Å². The van der Waals surface area contributed by atoms with Crippen molar-refractivity contribution in [2.75, 3.05) is 13.2 Å². The Balaban J connectivity index is 1.35. The highest BCUT2D eigenvalue weighted by Gasteiger charge is 2.71. The van der Waals surface area contributed by atoms with E-state index < -0.39 is 70.5 Å². The Morgan fingerprint density at radius 1 is 1.02 bits per heavy atom. The number of carbonyl (C=O) groups is 1. The third-order valence-electron chi connectivity index (χ3n) is 16.6. The van der Waals surface area contributed by atoms with Gasteiger partial charge in [0.05, 0.1) is 54.9 Å². The van der Waals surface area contributed by atoms with Gasteiger partial charge in [-0.05, 0) is 113 Å². The Kier molecular flexibility index (Phi) is 12.9. The summed E-state index contributed by atoms with van der Waals surface area (Å²) >= 11 is 0. The van der Waals surface area contributed by atoms with Gasteiger partial charge < -0.3 is 45.8 Å². The van der Waals surface area contributed by atoms with Gasteiger partial charge in [-0.15, -0.1) is 0 Å². The molecule has 3 saturated carbocycles. The number of rotatable bonds is 14. The monoisotopic (exact) mass is 764 g/mol. The zero-order chi connectivity index (χ0) is 39.4. The van der Waals surface area contributed by atoms with Crippen molar-refractivity contribution in [1.82, 2.24) is 0 Å². The van der Waals surface area contributed by atoms with Gasteiger partial charge in [0.15, 0.2) is 5.78 Å². The number of piperidine rings is 1. The summed E-state index contributed by atoms with van der Waals surface area (Å²) in [6.45, 7) is 10.9. The zero-order valence-corrected chi connectivity index (χ0v) is 33.8. The molecule has 0 aromatic heterocycles. The van der Waals surface area contributed by atoms with Gasteiger partial charge in [-0.3, -0.25) is 10.5 Å². The van der Waals surface area contributed by atoms with Gasteiger partial charge in [0.25, 0.3) is 0 Å². The number of Topliss-reactive ketones (excluding diaryl/α,β-unsaturated/α-hetero) is 1. The number of quaternary nitrogens is 1. The molecular weight excluding hydrogens is 688 g/mol. The molecular formula is C43H75N2O9+. The van der Waals surface area contributed by atoms with Crippen LogP contribution in [0.3, 0.4) is 0 Å². The second-order valence-corrected chi connectivity index (χ2v) is 19.6. The van der Waals surface area contributed by atoms with Crippen LogP contribution in [0.4, 0.5) is 0 Å². The van der Waals surface area contributed by atoms with E-state index in [1.807, 2.05) is 6.92 Å². The predicted octanol–water partition coefficient (Wildman–Crippen LogP) is 2.44. The lowest BCUT2D eigenvalue weighted by Crippen LogP contribution is -2.95. The Labute approximate surface area is 323 Å². The van der Waals surface area contributed by atoms with Crippen molar-refractivity contribution >= 4 is 5.78 Å². The fraction of sp³-hybridized carbons (Fsp3) is 0.930. The first-order chi connectivity index (χ1) is 25.4. The number of carbonyl (C=O) groups excluding carboxylic acids is 1. The molecule has 2 heterocycles. The number of ketones is 1. The van der Waals surface area contributed by atoms with Crippen LogP contribution in [0.2, 0.25) is 0 Å². The maximum atomic E-state index is 15.0. The SMILES string of the molecule is CCCCCC[C@H]1CO[C@@H]([C@@H](O)[C@](C)(O)[C@@H]2CC[C@]3(O)C4=C(C[C@H](O)[C@H](C)O)C(=O)[C@H]5C[C@@H](O)[C@@H](O)C[C@]5(CCC5CCC(N)[NH2+]C5)[C@@H]4CC[C@]23C)[C@H]1C. The molecule has 0 spiro atoms. The Hall–Kier alpha value is -0.990. The molecule has 2 saturated heterocycles. The molecule has 0 aromatic carbocycles. The second kappa shape index (κ2) is 16.3. The van der Waals surface area contributed by atoms with E-state index in [0.717, 1.165) is 38.6 Å². The molecule has 0 amide bonds. The standard InChI is InChI=1S/C43H74N2O9/c1-6-7-8-9-10-27-23-54-38(24(27)2)39(51)41(5,52)34-15-18-43(53)36-28(19-31(47)25(3)46)37(50)30-20-32(48)33(49)21-42(30,29(36)14-16-40(34,43)4)17-13-26-11-12-35(44)45-22-26/h24-27,29-35,38-39,45-49,51-53H,6-23,44H2,1-5H3/p+1/t24-,25-,26?,27-,29+,30+,31-,32+,33-,34+,35?,38+,39+,40+,41+,42+,43-/m0/s1. The van der Waals surface area contributed by atoms with Gasteiger partial charge in [-0.2, -0.15) is 0 Å². The molecule has 11 N–H and O–H groups in total. The molecule has 2 aliphatic heterocycles. The van der Waals surface area contributed by atoms with Crippen LogP contribution in [0.15, 0.2) is 11.1 Å². The van der Waals surface area contributed by atoms with Crippen LogP contribution in [0.5, 0.6) is 0 Å². The van der Waals surface area contributed by atoms with Crippen LogP contribution >= 0.6 is 0 Å². The molecule has 11 nitrogen and oxygen atoms in total. The highest BCUT2D eigenvalue weighted by Crippen LogP contribution is 2.71. The lowest BCUT2D eigenvalue weighted by Gasteiger charge is -2.63. The van der Waals surface area contributed by atoms with Crippen molar-refractivity contribution < 1.29 is 50.6 Å². The number of aliphatic hydroxyl groups excluding tert-OH is 5. The van der Waals surface area contributed by atoms with Crippen molar-refractivity contribution in [1.29, 1.82) is 0 Å². The quantitative estimate of drug-likeness (QED) is 0.118. The van der Waals surface area contributed by atoms with Crippen LogP contribution in [0, 0.1) is 46.3 Å². The molecule has 0 bridgehead atoms. The van der Waals surface area contributed by atoms with E-state index in [1.54, 1.807) is 6.92 Å². The van der Waals surface area contributed by atoms with Crippen molar-refractivity contribution in [3.8, 4) is 0 Å². The van der Waals surface area contributed by atoms with Crippen LogP contribution in [0.25, 0.3) is 0 Å². The molecule has 17 atom stereocenters. The summed E-state index contributed by atoms with van der Waals surface area (Å²) in [5.41, 5.74) is 2.35. The van der Waals surface area contributed by atoms with E-state index >= 15 is 4.79 Å². The fourth-order valence-electron chi connectivity index (χ4n) is 13.0. The van der Waals surface area contributed by atoms with Crippen LogP contribution in [-0.2, 0) is 9.53 Å². The van der Waals surface area contributed by atoms with Crippen molar-refractivity contribution in [2.45, 2.75) is 191 Å². The third kappa shape index (κ3) is 7.32. The zero-order valence-electron chi connectivity index (χ0n) is 33.8. The first-order valence-electron chi connectivity index (χ1n) is 21.8. The molecule has 6 aliphatic rings. The molecule has 0 radical (unpaired) electrons. The minimum Gasteiger partial charge on any atom is -0.391 e. The molecule has 6 rings (SSSR count). The highest BCUT2D eigenvalue weighted by molar-refractivity contribution is 6.00. The first-order valence-corrected chi connectivity index (χ1v) is 21.8. The molecule has 0 aromatic rings. The molecule has 5 fully saturated rings. The molecule has 11 heteroatoms. The molecule has 310 valence electrons. The number of hydrogen-bond acceptors (Lipinski definition) is 10. The van der Waals surface area contributed by atoms with Crippen LogP contribution < -0.4 is 11.1 Å². The lowest BCUT2D eigenvalue weighted by molar-refractivity contribution is -0.703. The molecule has 54 heavy (non-hydrogen) atoms. The van der Waals surface area contributed by atoms with Crippen LogP contribution in [-0.4, -0.2) is 109 Å². The summed E-state index contributed by atoms with van der Waals surface area (Å²) in [5, 5.41) is 84.1. The Morgan fingerprint density at radius 2 is 1.76 bits per heavy atom. The summed E-state index contributed by atoms with van der Waals surface area (Å²) < 4.78 is 6.26. The lowest BCUT2D eigenvalue weighted by atomic mass is 9.42. The number of nitrogens with two attached hydrogens (primary N) is 2. The number of fused-ring (bicyclic) bond motifs is 5. The number of unbranched alkanes of at least 4 members (excludes halogenated alkanes) is 3. The van der Waals surface area contributed by atoms with Gasteiger partial charge in [0.2, 0.25) is 0 Å². The smallest absolute Gasteiger partial charge is 0.162 e. The Morgan fingerprint density at radius 3 is 2.43 bits per heavy atom. The summed E-state index contributed by atoms with van der Waals surface area (Å²) in [5.74, 6) is -0.868. The highest BCUT2D eigenvalue weighted by atomic mass is 16.5. The molecule has 2 unspecified atom stereocenters. The number of ether oxygens (including phenoxy) is 1. The largest absolute Gasteiger partial charge is 0.391 e. The van der Waals surface area contributed by atoms with Gasteiger partial charge >= 0.3 is 0 Å². The van der Waals surface area contributed by atoms with Gasteiger partial charge in [-0.25, -0.2) is 0 Å². The normalized spacial score (nSPS) is 45.3. The summed E-state index contributed by atoms with van der Waals surface area (Å²) in [7, 11) is 0.